The number of anilines is 2. The Hall–Kier alpha value is -7.00. The Morgan fingerprint density at radius 3 is 1.18 bits per heavy atom. The van der Waals surface area contributed by atoms with Crippen molar-refractivity contribution >= 4 is 129 Å². The Labute approximate surface area is 699 Å². The summed E-state index contributed by atoms with van der Waals surface area (Å²) in [5.74, 6) is -13.7. The molecule has 16 atom stereocenters. The lowest BCUT2D eigenvalue weighted by molar-refractivity contribution is -0.147. The van der Waals surface area contributed by atoms with Crippen LogP contribution in [0.4, 0.5) is 29.2 Å². The van der Waals surface area contributed by atoms with Gasteiger partial charge in [0, 0.05) is 114 Å². The van der Waals surface area contributed by atoms with Crippen LogP contribution in [0.3, 0.4) is 0 Å². The van der Waals surface area contributed by atoms with Gasteiger partial charge < -0.3 is 80.3 Å². The Kier molecular flexibility index (Phi) is 47.3. The average Bonchev–Trinajstić information content (AvgIpc) is 1.62. The van der Waals surface area contributed by atoms with E-state index < -0.39 is 146 Å². The molecule has 2 aliphatic heterocycles. The summed E-state index contributed by atoms with van der Waals surface area (Å²) in [6.07, 6.45) is -3.27. The standard InChI is InChI=1S/2C34H48F2N4O13S2.C6H12.2CH4/c1-3-20(31(48)49)17-54-24-4-5-25(24)55-18-21(14-22(43)9-13-51-12-8-19(2)42)30(47)37-10-6-28(45)52-16-27(44)38-26-7-11-40(33(50)39-26)32-34(35,36)29(46)23(15-41)53-32;1-3-20(17-54-24-4-5-25(24)55-18-21(31(48)49)14-22(43)9-13-51-12-8-19(2)42)30(47)37-10-6-28(45)52-16-27(44)38-26-7-11-40(33(50)39-26)32-34(35,36)29(46)23(15-41)53-32;1-5-3-4-6(5)2;;/h2*7,11,20-21,23-25,29,32,41,46H,3-6,8-10,12-18H2,1-2H3,(H,37,47)(H,48,49)(H,38,39,44,50);5-6H,3-4H2,1-2H3;2*1H4/t2*20?,21?,23-,24?,25?,29-,32-;;;/m00.../s1. The first-order valence-corrected chi connectivity index (χ1v) is 42.5. The minimum absolute atomic E-state index is 0. The number of thioether (sulfide) groups is 4. The number of carboxylic acids is 2. The summed E-state index contributed by atoms with van der Waals surface area (Å²) < 4.78 is 88.6. The second-order valence-electron chi connectivity index (χ2n) is 28.7. The van der Waals surface area contributed by atoms with Crippen molar-refractivity contribution in [3.63, 3.8) is 0 Å². The van der Waals surface area contributed by atoms with Gasteiger partial charge in [-0.25, -0.2) is 9.59 Å². The quantitative estimate of drug-likeness (QED) is 0.0216. The van der Waals surface area contributed by atoms with E-state index in [1.165, 1.54) is 38.5 Å². The molecule has 118 heavy (non-hydrogen) atoms. The lowest BCUT2D eigenvalue weighted by atomic mass is 9.77. The number of amides is 4. The molecular weight excluding hydrogens is 1650 g/mol. The van der Waals surface area contributed by atoms with E-state index in [1.54, 1.807) is 35.3 Å². The molecule has 10 unspecified atom stereocenters. The fraction of sp³-hybridized carbons (Fsp3) is 0.737. The fourth-order valence-electron chi connectivity index (χ4n) is 11.6. The first-order valence-electron chi connectivity index (χ1n) is 38.3. The van der Waals surface area contributed by atoms with Gasteiger partial charge in [-0.05, 0) is 76.3 Å². The lowest BCUT2D eigenvalue weighted by Crippen LogP contribution is -2.41. The maximum Gasteiger partial charge on any atom is 0.351 e. The van der Waals surface area contributed by atoms with Crippen LogP contribution in [0.2, 0.25) is 0 Å². The summed E-state index contributed by atoms with van der Waals surface area (Å²) in [7, 11) is 0. The van der Waals surface area contributed by atoms with Crippen LogP contribution in [-0.2, 0) is 86.0 Å². The Balaban J connectivity index is 0.000000559. The SMILES string of the molecule is C.C.CC1CCC1C.CCC(CSC1CCC1SCC(CC(=O)CCOCCC(C)=O)C(=O)NCCC(=O)OCC(=O)Nc1ccn([C@H]2O[C@@H](CO)[C@H](O)C2(F)F)c(=O)n1)C(=O)O.CCC(CSC1CCC1SCC(CC(=O)CCOCCC(C)=O)C(=O)O)C(=O)NCCC(=O)OCC(=O)Nc1ccn([C@H]2O[C@@H](CO)[C@H](O)C2(F)F)c(=O)n1. The Bertz CT molecular complexity index is 3730. The molecule has 2 saturated heterocycles. The maximum absolute atomic E-state index is 14.4. The molecule has 7 rings (SSSR count). The van der Waals surface area contributed by atoms with E-state index in [0.29, 0.717) is 39.2 Å². The minimum atomic E-state index is -3.93. The van der Waals surface area contributed by atoms with Crippen LogP contribution < -0.4 is 32.6 Å². The number of esters is 2. The summed E-state index contributed by atoms with van der Waals surface area (Å²) in [5.41, 5.74) is -2.50. The maximum atomic E-state index is 14.4. The number of ketones is 4. The average molecular weight is 1760 g/mol. The van der Waals surface area contributed by atoms with E-state index in [2.05, 4.69) is 45.1 Å². The van der Waals surface area contributed by atoms with Crippen molar-refractivity contribution in [3.8, 4) is 0 Å². The Morgan fingerprint density at radius 1 is 0.525 bits per heavy atom. The van der Waals surface area contributed by atoms with Gasteiger partial charge in [-0.15, -0.1) is 0 Å². The van der Waals surface area contributed by atoms with Gasteiger partial charge in [0.25, 0.3) is 11.8 Å². The van der Waals surface area contributed by atoms with Gasteiger partial charge in [-0.2, -0.15) is 74.6 Å². The van der Waals surface area contributed by atoms with Crippen LogP contribution in [-0.4, -0.2) is 267 Å². The fourth-order valence-corrected chi connectivity index (χ4v) is 18.4. The van der Waals surface area contributed by atoms with E-state index in [4.69, 9.17) is 38.6 Å². The van der Waals surface area contributed by atoms with Gasteiger partial charge in [0.2, 0.25) is 24.3 Å². The third kappa shape index (κ3) is 34.5. The highest BCUT2D eigenvalue weighted by molar-refractivity contribution is 8.04. The van der Waals surface area contributed by atoms with Gasteiger partial charge >= 0.3 is 47.1 Å². The van der Waals surface area contributed by atoms with Crippen LogP contribution in [0.15, 0.2) is 34.1 Å². The molecular formula is C76H116F4N8O26S4. The van der Waals surface area contributed by atoms with Gasteiger partial charge in [-0.1, -0.05) is 55.4 Å². The highest BCUT2D eigenvalue weighted by atomic mass is 32.2. The summed E-state index contributed by atoms with van der Waals surface area (Å²) in [6.45, 7) is 8.25. The number of carboxylic acid groups (broad SMARTS) is 2. The number of nitrogens with one attached hydrogen (secondary N) is 4. The normalized spacial score (nSPS) is 23.3. The second kappa shape index (κ2) is 53.0. The Morgan fingerprint density at radius 2 is 0.864 bits per heavy atom. The predicted molar refractivity (Wildman–Crippen MR) is 430 cm³/mol. The molecule has 10 N–H and O–H groups in total. The molecule has 3 saturated carbocycles. The summed E-state index contributed by atoms with van der Waals surface area (Å²) in [5, 5.41) is 67.1. The largest absolute Gasteiger partial charge is 0.481 e. The van der Waals surface area contributed by atoms with Crippen molar-refractivity contribution in [2.75, 3.05) is 99.6 Å². The van der Waals surface area contributed by atoms with Crippen molar-refractivity contribution in [1.29, 1.82) is 0 Å². The van der Waals surface area contributed by atoms with Crippen molar-refractivity contribution in [3.05, 3.63) is 45.5 Å². The van der Waals surface area contributed by atoms with Crippen LogP contribution in [0.25, 0.3) is 0 Å². The zero-order valence-electron chi connectivity index (χ0n) is 65.5. The van der Waals surface area contributed by atoms with E-state index in [-0.39, 0.29) is 179 Å². The first kappa shape index (κ1) is 105. The molecule has 5 fully saturated rings. The number of carbonyl (C=O) groups excluding carboxylic acids is 10. The number of alkyl halides is 4. The summed E-state index contributed by atoms with van der Waals surface area (Å²) in [4.78, 5) is 177. The van der Waals surface area contributed by atoms with Crippen molar-refractivity contribution < 1.29 is 134 Å². The molecule has 3 aliphatic carbocycles. The highest BCUT2D eigenvalue weighted by Crippen LogP contribution is 2.46. The number of carbonyl (C=O) groups is 12. The molecule has 5 aliphatic rings. The number of aliphatic carboxylic acids is 2. The number of hydrogen-bond donors (Lipinski definition) is 10. The van der Waals surface area contributed by atoms with E-state index in [0.717, 1.165) is 62.0 Å². The monoisotopic (exact) mass is 1760 g/mol. The summed E-state index contributed by atoms with van der Waals surface area (Å²) in [6, 6.07) is 2.02. The van der Waals surface area contributed by atoms with Crippen molar-refractivity contribution in [2.45, 2.75) is 229 Å². The molecule has 34 nitrogen and oxygen atoms in total. The molecule has 2 aromatic rings. The molecule has 668 valence electrons. The first-order chi connectivity index (χ1) is 54.9. The molecule has 4 heterocycles. The zero-order chi connectivity index (χ0) is 86.0. The number of ether oxygens (including phenoxy) is 6. The van der Waals surface area contributed by atoms with Crippen molar-refractivity contribution in [2.24, 2.45) is 35.5 Å². The minimum Gasteiger partial charge on any atom is -0.481 e. The van der Waals surface area contributed by atoms with Crippen LogP contribution in [0.1, 0.15) is 172 Å². The van der Waals surface area contributed by atoms with E-state index in [1.807, 2.05) is 13.8 Å². The number of Topliss-reactive ketones (excluding diaryl/α,β-unsaturated/α-hetero) is 4. The number of nitrogens with zero attached hydrogens (tertiary/aromatic N) is 4. The predicted octanol–water partition coefficient (Wildman–Crippen LogP) is 5.70. The second-order valence-corrected chi connectivity index (χ2v) is 33.8. The molecule has 4 amide bonds. The zero-order valence-corrected chi connectivity index (χ0v) is 68.8. The number of rotatable bonds is 50. The topological polar surface area (TPSA) is 500 Å². The summed E-state index contributed by atoms with van der Waals surface area (Å²) >= 11 is 6.29. The number of aliphatic hydroxyl groups excluding tert-OH is 4. The molecule has 0 bridgehead atoms. The van der Waals surface area contributed by atoms with Gasteiger partial charge in [0.05, 0.1) is 70.2 Å². The van der Waals surface area contributed by atoms with Crippen molar-refractivity contribution in [1.82, 2.24) is 29.7 Å². The van der Waals surface area contributed by atoms with Gasteiger partial charge in [0.15, 0.2) is 25.4 Å². The number of aliphatic hydroxyl groups is 4. The molecule has 2 aromatic heterocycles. The van der Waals surface area contributed by atoms with Crippen LogP contribution in [0.5, 0.6) is 0 Å². The smallest absolute Gasteiger partial charge is 0.351 e. The third-order valence-corrected chi connectivity index (χ3v) is 26.5. The van der Waals surface area contributed by atoms with E-state index in [9.17, 15) is 105 Å². The van der Waals surface area contributed by atoms with Crippen LogP contribution in [0, 0.1) is 35.5 Å². The molecule has 0 radical (unpaired) electrons. The molecule has 0 spiro atoms. The lowest BCUT2D eigenvalue weighted by Gasteiger charge is -2.36. The van der Waals surface area contributed by atoms with Gasteiger partial charge in [-0.3, -0.25) is 66.7 Å². The number of halogens is 4. The van der Waals surface area contributed by atoms with Gasteiger partial charge in [0.1, 0.15) is 47.0 Å². The molecule has 42 heteroatoms. The molecule has 0 aromatic carbocycles. The highest BCUT2D eigenvalue weighted by Gasteiger charge is 2.61. The number of aromatic nitrogens is 4. The third-order valence-electron chi connectivity index (χ3n) is 19.8. The van der Waals surface area contributed by atoms with Crippen LogP contribution >= 0.6 is 47.0 Å². The number of hydrogen-bond acceptors (Lipinski definition) is 30. The van der Waals surface area contributed by atoms with E-state index >= 15 is 0 Å².